The van der Waals surface area contributed by atoms with Crippen molar-refractivity contribution in [2.45, 2.75) is 6.92 Å². The Hall–Kier alpha value is -3.64. The van der Waals surface area contributed by atoms with E-state index in [1.165, 1.54) is 0 Å². The molecule has 0 unspecified atom stereocenters. The molecule has 0 radical (unpaired) electrons. The molecule has 2 N–H and O–H groups in total. The lowest BCUT2D eigenvalue weighted by Gasteiger charge is -2.16. The van der Waals surface area contributed by atoms with E-state index in [0.717, 1.165) is 16.8 Å². The number of anilines is 1. The number of pyridine rings is 3. The molecule has 5 aromatic rings. The lowest BCUT2D eigenvalue weighted by molar-refractivity contribution is 0.961. The predicted molar refractivity (Wildman–Crippen MR) is 116 cm³/mol. The first-order chi connectivity index (χ1) is 14.0. The highest BCUT2D eigenvalue weighted by Crippen LogP contribution is 2.31. The van der Waals surface area contributed by atoms with E-state index >= 15 is 0 Å². The summed E-state index contributed by atoms with van der Waals surface area (Å²) in [5.41, 5.74) is 10.7. The minimum absolute atomic E-state index is 0.237. The van der Waals surface area contributed by atoms with Crippen LogP contribution >= 0.6 is 11.6 Å². The molecular formula is C22H16ClN5O. The zero-order valence-electron chi connectivity index (χ0n) is 15.5. The zero-order valence-corrected chi connectivity index (χ0v) is 16.3. The van der Waals surface area contributed by atoms with Gasteiger partial charge in [0.2, 0.25) is 0 Å². The molecule has 4 aromatic heterocycles. The second kappa shape index (κ2) is 6.46. The summed E-state index contributed by atoms with van der Waals surface area (Å²) >= 11 is 6.05. The van der Waals surface area contributed by atoms with Crippen LogP contribution in [0.25, 0.3) is 33.4 Å². The minimum atomic E-state index is -0.237. The van der Waals surface area contributed by atoms with Crippen LogP contribution < -0.4 is 11.3 Å². The highest BCUT2D eigenvalue weighted by molar-refractivity contribution is 6.30. The summed E-state index contributed by atoms with van der Waals surface area (Å²) in [7, 11) is 0. The Bertz CT molecular complexity index is 1450. The van der Waals surface area contributed by atoms with Gasteiger partial charge in [-0.2, -0.15) is 5.10 Å². The number of aryl methyl sites for hydroxylation is 1. The number of nitrogen functional groups attached to an aromatic ring is 1. The maximum atomic E-state index is 13.7. The SMILES string of the molecule is Cc1ccc2c(N)c(-c3ccn4nccc4c3)c(=O)n(-c3ccc(Cl)cc3)c2n1. The standard InChI is InChI=1S/C22H16ClN5O/c1-13-2-7-18-20(24)19(14-9-11-27-17(12-14)8-10-25-27)22(29)28(21(18)26-13)16-5-3-15(23)4-6-16/h2-12H,24H2,1H3. The van der Waals surface area contributed by atoms with Crippen LogP contribution in [0.4, 0.5) is 5.69 Å². The Morgan fingerprint density at radius 1 is 1.03 bits per heavy atom. The molecule has 0 fully saturated rings. The number of rotatable bonds is 2. The summed E-state index contributed by atoms with van der Waals surface area (Å²) in [6, 6.07) is 16.5. The minimum Gasteiger partial charge on any atom is -0.397 e. The molecule has 0 saturated carbocycles. The average molecular weight is 402 g/mol. The van der Waals surface area contributed by atoms with E-state index in [-0.39, 0.29) is 5.56 Å². The fraction of sp³-hybridized carbons (Fsp3) is 0.0455. The second-order valence-electron chi connectivity index (χ2n) is 6.85. The van der Waals surface area contributed by atoms with E-state index in [4.69, 9.17) is 17.3 Å². The van der Waals surface area contributed by atoms with Crippen molar-refractivity contribution in [2.24, 2.45) is 0 Å². The number of fused-ring (bicyclic) bond motifs is 2. The topological polar surface area (TPSA) is 78.2 Å². The molecule has 1 aromatic carbocycles. The number of nitrogens with two attached hydrogens (primary N) is 1. The smallest absolute Gasteiger partial charge is 0.266 e. The van der Waals surface area contributed by atoms with Crippen molar-refractivity contribution in [3.8, 4) is 16.8 Å². The second-order valence-corrected chi connectivity index (χ2v) is 7.28. The number of benzene rings is 1. The van der Waals surface area contributed by atoms with Crippen molar-refractivity contribution in [3.05, 3.63) is 88.1 Å². The van der Waals surface area contributed by atoms with Gasteiger partial charge in [0.05, 0.1) is 22.5 Å². The summed E-state index contributed by atoms with van der Waals surface area (Å²) in [4.78, 5) is 18.3. The number of nitrogens with zero attached hydrogens (tertiary/aromatic N) is 4. The lowest BCUT2D eigenvalue weighted by atomic mass is 10.0. The number of hydrogen-bond donors (Lipinski definition) is 1. The van der Waals surface area contributed by atoms with Crippen LogP contribution in [0.5, 0.6) is 0 Å². The Morgan fingerprint density at radius 2 is 1.83 bits per heavy atom. The van der Waals surface area contributed by atoms with E-state index in [2.05, 4.69) is 10.1 Å². The third-order valence-corrected chi connectivity index (χ3v) is 5.23. The van der Waals surface area contributed by atoms with Crippen LogP contribution in [0, 0.1) is 6.92 Å². The third-order valence-electron chi connectivity index (χ3n) is 4.98. The first-order valence-corrected chi connectivity index (χ1v) is 9.42. The predicted octanol–water partition coefficient (Wildman–Crippen LogP) is 4.24. The largest absolute Gasteiger partial charge is 0.397 e. The molecule has 0 aliphatic heterocycles. The Balaban J connectivity index is 1.91. The molecular weight excluding hydrogens is 386 g/mol. The van der Waals surface area contributed by atoms with Gasteiger partial charge in [-0.05, 0) is 67.1 Å². The number of halogens is 1. The zero-order chi connectivity index (χ0) is 20.1. The van der Waals surface area contributed by atoms with Crippen LogP contribution in [0.3, 0.4) is 0 Å². The molecule has 0 amide bonds. The number of aromatic nitrogens is 4. The average Bonchev–Trinajstić information content (AvgIpc) is 3.17. The van der Waals surface area contributed by atoms with Gasteiger partial charge in [-0.3, -0.25) is 9.36 Å². The fourth-order valence-electron chi connectivity index (χ4n) is 3.57. The monoisotopic (exact) mass is 401 g/mol. The van der Waals surface area contributed by atoms with E-state index in [0.29, 0.717) is 33.0 Å². The van der Waals surface area contributed by atoms with Gasteiger partial charge in [-0.25, -0.2) is 9.50 Å². The Kier molecular flexibility index (Phi) is 3.89. The maximum absolute atomic E-state index is 13.7. The van der Waals surface area contributed by atoms with Crippen LogP contribution in [0.15, 0.2) is 71.8 Å². The van der Waals surface area contributed by atoms with Gasteiger partial charge in [0.25, 0.3) is 5.56 Å². The van der Waals surface area contributed by atoms with Crippen molar-refractivity contribution < 1.29 is 0 Å². The molecule has 0 aliphatic rings. The molecule has 142 valence electrons. The molecule has 0 bridgehead atoms. The van der Waals surface area contributed by atoms with Crippen LogP contribution in [0.2, 0.25) is 5.02 Å². The number of hydrogen-bond acceptors (Lipinski definition) is 4. The normalized spacial score (nSPS) is 11.4. The van der Waals surface area contributed by atoms with Crippen LogP contribution in [-0.4, -0.2) is 19.2 Å². The van der Waals surface area contributed by atoms with Gasteiger partial charge < -0.3 is 5.73 Å². The van der Waals surface area contributed by atoms with E-state index in [1.54, 1.807) is 39.5 Å². The summed E-state index contributed by atoms with van der Waals surface area (Å²) in [5, 5.41) is 5.52. The quantitative estimate of drug-likeness (QED) is 0.479. The molecule has 5 rings (SSSR count). The summed E-state index contributed by atoms with van der Waals surface area (Å²) in [6.07, 6.45) is 3.52. The van der Waals surface area contributed by atoms with Gasteiger partial charge >= 0.3 is 0 Å². The van der Waals surface area contributed by atoms with Gasteiger partial charge in [0.1, 0.15) is 5.65 Å². The highest BCUT2D eigenvalue weighted by atomic mass is 35.5. The van der Waals surface area contributed by atoms with Crippen LogP contribution in [0.1, 0.15) is 5.69 Å². The summed E-state index contributed by atoms with van der Waals surface area (Å²) < 4.78 is 3.33. The maximum Gasteiger partial charge on any atom is 0.266 e. The van der Waals surface area contributed by atoms with Gasteiger partial charge in [0, 0.05) is 28.5 Å². The molecule has 0 saturated heterocycles. The van der Waals surface area contributed by atoms with Crippen molar-refractivity contribution in [3.63, 3.8) is 0 Å². The van der Waals surface area contributed by atoms with Crippen LogP contribution in [-0.2, 0) is 0 Å². The van der Waals surface area contributed by atoms with Crippen molar-refractivity contribution in [1.29, 1.82) is 0 Å². The Labute approximate surface area is 170 Å². The molecule has 4 heterocycles. The molecule has 6 nitrogen and oxygen atoms in total. The van der Waals surface area contributed by atoms with E-state index < -0.39 is 0 Å². The van der Waals surface area contributed by atoms with E-state index in [1.807, 2.05) is 43.5 Å². The summed E-state index contributed by atoms with van der Waals surface area (Å²) in [6.45, 7) is 1.88. The van der Waals surface area contributed by atoms with Crippen molar-refractivity contribution in [2.75, 3.05) is 5.73 Å². The lowest BCUT2D eigenvalue weighted by Crippen LogP contribution is -2.23. The van der Waals surface area contributed by atoms with Gasteiger partial charge in [-0.15, -0.1) is 0 Å². The highest BCUT2D eigenvalue weighted by Gasteiger charge is 2.19. The Morgan fingerprint density at radius 3 is 2.62 bits per heavy atom. The first-order valence-electron chi connectivity index (χ1n) is 9.04. The van der Waals surface area contributed by atoms with Crippen molar-refractivity contribution in [1.82, 2.24) is 19.2 Å². The van der Waals surface area contributed by atoms with E-state index in [9.17, 15) is 4.79 Å². The third kappa shape index (κ3) is 2.77. The molecule has 0 atom stereocenters. The fourth-order valence-corrected chi connectivity index (χ4v) is 3.69. The molecule has 29 heavy (non-hydrogen) atoms. The van der Waals surface area contributed by atoms with Gasteiger partial charge in [0.15, 0.2) is 0 Å². The van der Waals surface area contributed by atoms with Crippen molar-refractivity contribution >= 4 is 33.8 Å². The molecule has 0 aliphatic carbocycles. The molecule has 7 heteroatoms. The first kappa shape index (κ1) is 17.5. The molecule has 0 spiro atoms. The summed E-state index contributed by atoms with van der Waals surface area (Å²) in [5.74, 6) is 0. The van der Waals surface area contributed by atoms with Gasteiger partial charge in [-0.1, -0.05) is 11.6 Å².